The summed E-state index contributed by atoms with van der Waals surface area (Å²) in [6.07, 6.45) is 2.12. The van der Waals surface area contributed by atoms with Gasteiger partial charge in [-0.25, -0.2) is 9.98 Å². The molecular formula is C23H41IN6O2. The minimum absolute atomic E-state index is 0. The molecular weight excluding hydrogens is 519 g/mol. The lowest BCUT2D eigenvalue weighted by Crippen LogP contribution is -2.52. The number of guanidine groups is 1. The summed E-state index contributed by atoms with van der Waals surface area (Å²) in [5.74, 6) is 2.43. The molecule has 1 aromatic heterocycles. The fraction of sp³-hybridized carbons (Fsp3) is 0.739. The number of morpholine rings is 2. The summed E-state index contributed by atoms with van der Waals surface area (Å²) in [5.41, 5.74) is 1.16. The van der Waals surface area contributed by atoms with Crippen LogP contribution in [0.15, 0.2) is 23.3 Å². The van der Waals surface area contributed by atoms with E-state index in [9.17, 15) is 0 Å². The molecule has 182 valence electrons. The number of nitrogens with zero attached hydrogens (tertiary/aromatic N) is 4. The van der Waals surface area contributed by atoms with Crippen LogP contribution in [0.25, 0.3) is 0 Å². The zero-order chi connectivity index (χ0) is 22.1. The summed E-state index contributed by atoms with van der Waals surface area (Å²) in [6.45, 7) is 17.3. The SMILES string of the molecule is CCNC(=NCc1ccnc(N2CCOC(C)C2)c1)NCC(C(C)C)N1CCOCC1.I. The van der Waals surface area contributed by atoms with E-state index in [-0.39, 0.29) is 30.1 Å². The monoisotopic (exact) mass is 560 g/mol. The highest BCUT2D eigenvalue weighted by atomic mass is 127. The van der Waals surface area contributed by atoms with Crippen LogP contribution in [-0.2, 0) is 16.0 Å². The minimum atomic E-state index is 0. The van der Waals surface area contributed by atoms with Gasteiger partial charge in [0.25, 0.3) is 0 Å². The summed E-state index contributed by atoms with van der Waals surface area (Å²) < 4.78 is 11.2. The molecule has 2 unspecified atom stereocenters. The van der Waals surface area contributed by atoms with E-state index in [4.69, 9.17) is 14.5 Å². The molecule has 0 amide bonds. The molecule has 0 saturated carbocycles. The number of hydrogen-bond donors (Lipinski definition) is 2. The van der Waals surface area contributed by atoms with E-state index in [1.54, 1.807) is 0 Å². The van der Waals surface area contributed by atoms with Crippen molar-refractivity contribution in [1.82, 2.24) is 20.5 Å². The molecule has 8 nitrogen and oxygen atoms in total. The fourth-order valence-corrected chi connectivity index (χ4v) is 4.17. The van der Waals surface area contributed by atoms with Gasteiger partial charge in [0, 0.05) is 51.5 Å². The molecule has 0 aliphatic carbocycles. The highest BCUT2D eigenvalue weighted by Gasteiger charge is 2.24. The number of aliphatic imine (C=N–C) groups is 1. The fourth-order valence-electron chi connectivity index (χ4n) is 4.17. The number of nitrogens with one attached hydrogen (secondary N) is 2. The number of ether oxygens (including phenoxy) is 2. The molecule has 2 fully saturated rings. The first-order chi connectivity index (χ1) is 15.1. The second kappa shape index (κ2) is 14.2. The average Bonchev–Trinajstić information content (AvgIpc) is 2.78. The van der Waals surface area contributed by atoms with Crippen molar-refractivity contribution in [3.8, 4) is 0 Å². The largest absolute Gasteiger partial charge is 0.379 e. The Bertz CT molecular complexity index is 699. The van der Waals surface area contributed by atoms with Crippen LogP contribution in [0.1, 0.15) is 33.3 Å². The van der Waals surface area contributed by atoms with E-state index >= 15 is 0 Å². The lowest BCUT2D eigenvalue weighted by molar-refractivity contribution is 0.00752. The average molecular weight is 561 g/mol. The lowest BCUT2D eigenvalue weighted by Gasteiger charge is -2.37. The van der Waals surface area contributed by atoms with Crippen LogP contribution in [-0.4, -0.2) is 87.1 Å². The first-order valence-electron chi connectivity index (χ1n) is 11.7. The maximum Gasteiger partial charge on any atom is 0.191 e. The van der Waals surface area contributed by atoms with E-state index in [1.807, 2.05) is 12.3 Å². The Hall–Kier alpha value is -1.17. The Morgan fingerprint density at radius 1 is 1.22 bits per heavy atom. The van der Waals surface area contributed by atoms with Crippen LogP contribution >= 0.6 is 24.0 Å². The molecule has 2 aliphatic heterocycles. The Morgan fingerprint density at radius 3 is 2.69 bits per heavy atom. The second-order valence-electron chi connectivity index (χ2n) is 8.69. The predicted molar refractivity (Wildman–Crippen MR) is 141 cm³/mol. The van der Waals surface area contributed by atoms with Gasteiger partial charge in [0.1, 0.15) is 5.82 Å². The second-order valence-corrected chi connectivity index (χ2v) is 8.69. The first kappa shape index (κ1) is 27.1. The normalized spacial score (nSPS) is 21.2. The third-order valence-electron chi connectivity index (χ3n) is 5.90. The maximum absolute atomic E-state index is 5.65. The zero-order valence-electron chi connectivity index (χ0n) is 20.0. The molecule has 0 spiro atoms. The van der Waals surface area contributed by atoms with E-state index in [0.717, 1.165) is 76.4 Å². The molecule has 0 aromatic carbocycles. The Morgan fingerprint density at radius 2 is 2.00 bits per heavy atom. The number of aromatic nitrogens is 1. The third-order valence-corrected chi connectivity index (χ3v) is 5.90. The van der Waals surface area contributed by atoms with Crippen LogP contribution < -0.4 is 15.5 Å². The molecule has 2 N–H and O–H groups in total. The third kappa shape index (κ3) is 8.31. The van der Waals surface area contributed by atoms with Gasteiger partial charge in [-0.15, -0.1) is 24.0 Å². The van der Waals surface area contributed by atoms with Gasteiger partial charge in [-0.3, -0.25) is 4.90 Å². The van der Waals surface area contributed by atoms with E-state index in [1.165, 1.54) is 0 Å². The molecule has 1 aromatic rings. The standard InChI is InChI=1S/C23H40N6O2.HI/c1-5-24-23(27-16-21(18(2)3)28-8-11-30-12-9-28)26-15-20-6-7-25-22(14-20)29-10-13-31-19(4)17-29;/h6-7,14,18-19,21H,5,8-13,15-17H2,1-4H3,(H2,24,26,27);1H. The zero-order valence-corrected chi connectivity index (χ0v) is 22.4. The minimum Gasteiger partial charge on any atom is -0.379 e. The Labute approximate surface area is 210 Å². The number of anilines is 1. The molecule has 2 saturated heterocycles. The van der Waals surface area contributed by atoms with Crippen LogP contribution in [0.2, 0.25) is 0 Å². The van der Waals surface area contributed by atoms with Gasteiger partial charge in [0.05, 0.1) is 32.5 Å². The molecule has 32 heavy (non-hydrogen) atoms. The number of hydrogen-bond acceptors (Lipinski definition) is 6. The Balaban J connectivity index is 0.00000363. The van der Waals surface area contributed by atoms with Crippen molar-refractivity contribution >= 4 is 35.8 Å². The van der Waals surface area contributed by atoms with E-state index in [0.29, 0.717) is 18.5 Å². The topological polar surface area (TPSA) is 74.2 Å². The van der Waals surface area contributed by atoms with E-state index < -0.39 is 0 Å². The highest BCUT2D eigenvalue weighted by Crippen LogP contribution is 2.17. The van der Waals surface area contributed by atoms with Crippen LogP contribution in [0.3, 0.4) is 0 Å². The smallest absolute Gasteiger partial charge is 0.191 e. The van der Waals surface area contributed by atoms with Crippen molar-refractivity contribution < 1.29 is 9.47 Å². The highest BCUT2D eigenvalue weighted by molar-refractivity contribution is 14.0. The van der Waals surface area contributed by atoms with Crippen LogP contribution in [0, 0.1) is 5.92 Å². The van der Waals surface area contributed by atoms with Gasteiger partial charge in [-0.1, -0.05) is 13.8 Å². The molecule has 2 aliphatic rings. The number of halogens is 1. The van der Waals surface area contributed by atoms with Crippen LogP contribution in [0.5, 0.6) is 0 Å². The number of pyridine rings is 1. The maximum atomic E-state index is 5.65. The van der Waals surface area contributed by atoms with Gasteiger partial charge in [-0.2, -0.15) is 0 Å². The molecule has 0 bridgehead atoms. The van der Waals surface area contributed by atoms with Crippen molar-refractivity contribution in [2.45, 2.75) is 46.4 Å². The summed E-state index contributed by atoms with van der Waals surface area (Å²) >= 11 is 0. The molecule has 2 atom stereocenters. The van der Waals surface area contributed by atoms with Crippen molar-refractivity contribution in [3.63, 3.8) is 0 Å². The van der Waals surface area contributed by atoms with E-state index in [2.05, 4.69) is 59.2 Å². The van der Waals surface area contributed by atoms with Gasteiger partial charge in [0.15, 0.2) is 5.96 Å². The Kier molecular flexibility index (Phi) is 12.0. The molecule has 3 heterocycles. The van der Waals surface area contributed by atoms with Gasteiger partial charge in [-0.05, 0) is 37.5 Å². The van der Waals surface area contributed by atoms with Gasteiger partial charge in [0.2, 0.25) is 0 Å². The van der Waals surface area contributed by atoms with Crippen molar-refractivity contribution in [2.24, 2.45) is 10.9 Å². The van der Waals surface area contributed by atoms with Gasteiger partial charge < -0.3 is 25.0 Å². The summed E-state index contributed by atoms with van der Waals surface area (Å²) in [6, 6.07) is 4.66. The van der Waals surface area contributed by atoms with Crippen molar-refractivity contribution in [3.05, 3.63) is 23.9 Å². The predicted octanol–water partition coefficient (Wildman–Crippen LogP) is 2.34. The summed E-state index contributed by atoms with van der Waals surface area (Å²) in [5, 5.41) is 6.95. The quantitative estimate of drug-likeness (QED) is 0.287. The van der Waals surface area contributed by atoms with Crippen molar-refractivity contribution in [2.75, 3.05) is 64.0 Å². The molecule has 9 heteroatoms. The summed E-state index contributed by atoms with van der Waals surface area (Å²) in [7, 11) is 0. The van der Waals surface area contributed by atoms with Gasteiger partial charge >= 0.3 is 0 Å². The summed E-state index contributed by atoms with van der Waals surface area (Å²) in [4.78, 5) is 14.2. The van der Waals surface area contributed by atoms with Crippen molar-refractivity contribution in [1.29, 1.82) is 0 Å². The number of rotatable bonds is 8. The first-order valence-corrected chi connectivity index (χ1v) is 11.7. The lowest BCUT2D eigenvalue weighted by atomic mass is 10.0. The molecule has 3 rings (SSSR count). The van der Waals surface area contributed by atoms with Crippen LogP contribution in [0.4, 0.5) is 5.82 Å². The molecule has 0 radical (unpaired) electrons.